The Morgan fingerprint density at radius 2 is 1.73 bits per heavy atom. The van der Waals surface area contributed by atoms with Crippen LogP contribution in [-0.2, 0) is 9.53 Å². The van der Waals surface area contributed by atoms with E-state index in [4.69, 9.17) is 9.84 Å². The Bertz CT molecular complexity index is 1000. The van der Waals surface area contributed by atoms with Gasteiger partial charge in [-0.2, -0.15) is 0 Å². The predicted octanol–water partition coefficient (Wildman–Crippen LogP) is 4.07. The molecule has 40 heavy (non-hydrogen) atoms. The van der Waals surface area contributed by atoms with E-state index in [1.807, 2.05) is 0 Å². The van der Waals surface area contributed by atoms with Crippen molar-refractivity contribution in [2.45, 2.75) is 117 Å². The van der Waals surface area contributed by atoms with E-state index in [9.17, 15) is 25.2 Å². The van der Waals surface area contributed by atoms with Crippen LogP contribution in [-0.4, -0.2) is 68.6 Å². The van der Waals surface area contributed by atoms with Gasteiger partial charge >= 0.3 is 5.97 Å². The molecule has 4 rings (SSSR count). The number of rotatable bonds is 10. The van der Waals surface area contributed by atoms with Crippen LogP contribution in [0, 0.1) is 40.4 Å². The van der Waals surface area contributed by atoms with Gasteiger partial charge in [-0.1, -0.05) is 70.1 Å². The molecule has 11 atom stereocenters. The number of hydrogen-bond acceptors (Lipinski definition) is 7. The Labute approximate surface area is 240 Å². The van der Waals surface area contributed by atoms with Crippen LogP contribution in [0.3, 0.4) is 0 Å². The minimum atomic E-state index is -2.01. The number of carbonyl (C=O) groups excluding carboxylic acids is 1. The first kappa shape index (κ1) is 31.4. The summed E-state index contributed by atoms with van der Waals surface area (Å²) in [6, 6.07) is 0. The number of esters is 1. The molecule has 7 nitrogen and oxygen atoms in total. The monoisotopic (exact) mass is 560 g/mol. The fourth-order valence-corrected chi connectivity index (χ4v) is 8.57. The first-order valence-corrected chi connectivity index (χ1v) is 15.4. The summed E-state index contributed by atoms with van der Waals surface area (Å²) in [5, 5.41) is 48.6. The lowest BCUT2D eigenvalue weighted by Crippen LogP contribution is -2.50. The van der Waals surface area contributed by atoms with E-state index < -0.39 is 43.1 Å². The Morgan fingerprint density at radius 1 is 1.00 bits per heavy atom. The Kier molecular flexibility index (Phi) is 9.73. The summed E-state index contributed by atoms with van der Waals surface area (Å²) in [4.78, 5) is 12.6. The minimum Gasteiger partial charge on any atom is -0.460 e. The fraction of sp³-hybridized carbons (Fsp3) is 0.788. The standard InChI is InChI=1S/C33H52O7/c1-19(2)7-6-8-20(3)24-11-12-25-23-10-9-21-17-22(13-15-32(21,4)26(23)14-16-33(24,25)5)40-31(39)30(38)29(37)28(36)27(35)18-34/h6,8-10,19-20,22,24-30,34-38H,7,11-18H2,1-5H3/b8-6+. The second-order valence-electron chi connectivity index (χ2n) is 14.0. The quantitative estimate of drug-likeness (QED) is 0.201. The molecule has 3 saturated carbocycles. The molecule has 0 aromatic rings. The number of allylic oxidation sites excluding steroid dienone is 5. The van der Waals surface area contributed by atoms with Gasteiger partial charge < -0.3 is 30.3 Å². The molecule has 0 bridgehead atoms. The van der Waals surface area contributed by atoms with Crippen molar-refractivity contribution in [3.63, 3.8) is 0 Å². The van der Waals surface area contributed by atoms with E-state index in [0.717, 1.165) is 12.8 Å². The molecule has 0 heterocycles. The molecule has 3 fully saturated rings. The number of aliphatic hydroxyl groups is 5. The molecule has 11 unspecified atom stereocenters. The molecule has 5 N–H and O–H groups in total. The van der Waals surface area contributed by atoms with Crippen LogP contribution in [0.15, 0.2) is 35.5 Å². The maximum absolute atomic E-state index is 12.6. The lowest BCUT2D eigenvalue weighted by atomic mass is 9.50. The zero-order chi connectivity index (χ0) is 29.4. The van der Waals surface area contributed by atoms with Crippen molar-refractivity contribution >= 4 is 5.97 Å². The first-order valence-electron chi connectivity index (χ1n) is 15.4. The number of hydrogen-bond donors (Lipinski definition) is 5. The highest BCUT2D eigenvalue weighted by atomic mass is 16.6. The molecule has 0 spiro atoms. The third-order valence-corrected chi connectivity index (χ3v) is 11.1. The highest BCUT2D eigenvalue weighted by Crippen LogP contribution is 2.66. The van der Waals surface area contributed by atoms with E-state index in [-0.39, 0.29) is 5.41 Å². The molecule has 0 aromatic heterocycles. The van der Waals surface area contributed by atoms with Crippen LogP contribution in [0.2, 0.25) is 0 Å². The summed E-state index contributed by atoms with van der Waals surface area (Å²) < 4.78 is 5.57. The van der Waals surface area contributed by atoms with E-state index in [2.05, 4.69) is 58.9 Å². The van der Waals surface area contributed by atoms with Crippen LogP contribution in [0.1, 0.15) is 86.0 Å². The molecule has 0 aliphatic heterocycles. The van der Waals surface area contributed by atoms with E-state index in [1.165, 1.54) is 31.3 Å². The Morgan fingerprint density at radius 3 is 2.40 bits per heavy atom. The van der Waals surface area contributed by atoms with Gasteiger partial charge in [0.15, 0.2) is 6.10 Å². The third-order valence-electron chi connectivity index (χ3n) is 11.1. The molecule has 7 heteroatoms. The predicted molar refractivity (Wildman–Crippen MR) is 154 cm³/mol. The smallest absolute Gasteiger partial charge is 0.338 e. The third kappa shape index (κ3) is 5.87. The highest BCUT2D eigenvalue weighted by molar-refractivity contribution is 5.75. The van der Waals surface area contributed by atoms with Crippen molar-refractivity contribution in [3.05, 3.63) is 35.5 Å². The van der Waals surface area contributed by atoms with Gasteiger partial charge in [-0.05, 0) is 85.4 Å². The summed E-state index contributed by atoms with van der Waals surface area (Å²) in [6.45, 7) is 11.0. The topological polar surface area (TPSA) is 127 Å². The molecule has 4 aliphatic carbocycles. The normalized spacial score (nSPS) is 37.5. The van der Waals surface area contributed by atoms with Gasteiger partial charge in [0.1, 0.15) is 24.4 Å². The maximum atomic E-state index is 12.6. The van der Waals surface area contributed by atoms with E-state index in [0.29, 0.717) is 47.8 Å². The van der Waals surface area contributed by atoms with Crippen LogP contribution < -0.4 is 0 Å². The fourth-order valence-electron chi connectivity index (χ4n) is 8.57. The number of fused-ring (bicyclic) bond motifs is 5. The average molecular weight is 561 g/mol. The largest absolute Gasteiger partial charge is 0.460 e. The number of carbonyl (C=O) groups is 1. The van der Waals surface area contributed by atoms with Crippen molar-refractivity contribution < 1.29 is 35.1 Å². The summed E-state index contributed by atoms with van der Waals surface area (Å²) >= 11 is 0. The molecule has 226 valence electrons. The molecular weight excluding hydrogens is 508 g/mol. The van der Waals surface area contributed by atoms with Crippen molar-refractivity contribution in [1.29, 1.82) is 0 Å². The van der Waals surface area contributed by atoms with Crippen molar-refractivity contribution in [1.82, 2.24) is 0 Å². The van der Waals surface area contributed by atoms with Gasteiger partial charge in [0.05, 0.1) is 6.61 Å². The lowest BCUT2D eigenvalue weighted by molar-refractivity contribution is -0.176. The summed E-state index contributed by atoms with van der Waals surface area (Å²) in [5.41, 5.74) is 3.24. The first-order chi connectivity index (χ1) is 18.8. The number of ether oxygens (including phenoxy) is 1. The van der Waals surface area contributed by atoms with Crippen LogP contribution in [0.25, 0.3) is 0 Å². The lowest BCUT2D eigenvalue weighted by Gasteiger charge is -2.55. The van der Waals surface area contributed by atoms with E-state index >= 15 is 0 Å². The highest BCUT2D eigenvalue weighted by Gasteiger charge is 2.57. The second kappa shape index (κ2) is 12.4. The maximum Gasteiger partial charge on any atom is 0.338 e. The van der Waals surface area contributed by atoms with Crippen molar-refractivity contribution in [2.24, 2.45) is 40.4 Å². The van der Waals surface area contributed by atoms with E-state index in [1.54, 1.807) is 5.57 Å². The van der Waals surface area contributed by atoms with Crippen LogP contribution in [0.5, 0.6) is 0 Å². The zero-order valence-electron chi connectivity index (χ0n) is 25.0. The molecular formula is C33H52O7. The van der Waals surface area contributed by atoms with Gasteiger partial charge in [0, 0.05) is 6.42 Å². The van der Waals surface area contributed by atoms with Gasteiger partial charge in [-0.3, -0.25) is 0 Å². The number of aliphatic hydroxyl groups excluding tert-OH is 5. The molecule has 4 aliphatic rings. The summed E-state index contributed by atoms with van der Waals surface area (Å²) in [6.07, 6.45) is 9.75. The minimum absolute atomic E-state index is 0.0226. The Balaban J connectivity index is 1.44. The van der Waals surface area contributed by atoms with Gasteiger partial charge in [-0.25, -0.2) is 4.79 Å². The van der Waals surface area contributed by atoms with Gasteiger partial charge in [0.2, 0.25) is 0 Å². The Hall–Kier alpha value is -1.51. The van der Waals surface area contributed by atoms with Crippen molar-refractivity contribution in [3.8, 4) is 0 Å². The van der Waals surface area contributed by atoms with Crippen LogP contribution in [0.4, 0.5) is 0 Å². The molecule has 0 aromatic carbocycles. The average Bonchev–Trinajstić information content (AvgIpc) is 3.28. The molecule has 0 saturated heterocycles. The molecule has 0 radical (unpaired) electrons. The van der Waals surface area contributed by atoms with Gasteiger partial charge in [0.25, 0.3) is 0 Å². The summed E-state index contributed by atoms with van der Waals surface area (Å²) in [5.74, 6) is 2.06. The summed E-state index contributed by atoms with van der Waals surface area (Å²) in [7, 11) is 0. The molecule has 0 amide bonds. The zero-order valence-corrected chi connectivity index (χ0v) is 25.0. The SMILES string of the molecule is CC(C)C/C=C/C(C)C1CCC2C3=CC=C4CC(OC(=O)C(O)C(O)C(O)C(O)CO)CCC4(C)C3CCC21C. The van der Waals surface area contributed by atoms with Crippen LogP contribution >= 0.6 is 0 Å². The van der Waals surface area contributed by atoms with Gasteiger partial charge in [-0.15, -0.1) is 0 Å². The van der Waals surface area contributed by atoms with Crippen molar-refractivity contribution in [2.75, 3.05) is 6.61 Å². The second-order valence-corrected chi connectivity index (χ2v) is 14.0.